The first-order valence-electron chi connectivity index (χ1n) is 4.94. The predicted octanol–water partition coefficient (Wildman–Crippen LogP) is 3.23. The zero-order chi connectivity index (χ0) is 10.6. The van der Waals surface area contributed by atoms with Gasteiger partial charge in [-0.05, 0) is 33.0 Å². The fourth-order valence-corrected chi connectivity index (χ4v) is 1.91. The molecule has 1 aromatic carbocycles. The third-order valence-electron chi connectivity index (χ3n) is 2.43. The Bertz CT molecular complexity index is 283. The molecule has 78 valence electrons. The topological polar surface area (TPSA) is 3.24 Å². The molecule has 1 atom stereocenters. The molecular weight excluding hydrogens is 194 g/mol. The summed E-state index contributed by atoms with van der Waals surface area (Å²) < 4.78 is 0. The first-order valence-corrected chi connectivity index (χ1v) is 5.47. The highest BCUT2D eigenvalue weighted by Crippen LogP contribution is 2.22. The summed E-state index contributed by atoms with van der Waals surface area (Å²) >= 11 is 5.80. The maximum Gasteiger partial charge on any atom is 0.0353 e. The second kappa shape index (κ2) is 5.38. The Hall–Kier alpha value is -0.530. The molecule has 0 aliphatic heterocycles. The lowest BCUT2D eigenvalue weighted by atomic mass is 10.0. The Balaban J connectivity index is 2.87. The standard InChI is InChI=1S/C12H18ClN/c1-10-5-4-6-11(9-10)12(7-8-13)14(2)3/h4-6,9,12H,7-8H2,1-3H3. The van der Waals surface area contributed by atoms with E-state index in [0.717, 1.165) is 6.42 Å². The maximum atomic E-state index is 5.80. The minimum absolute atomic E-state index is 0.437. The molecule has 1 aromatic rings. The van der Waals surface area contributed by atoms with Gasteiger partial charge in [0.25, 0.3) is 0 Å². The largest absolute Gasteiger partial charge is 0.302 e. The van der Waals surface area contributed by atoms with Crippen LogP contribution in [0.4, 0.5) is 0 Å². The van der Waals surface area contributed by atoms with Crippen LogP contribution in [0, 0.1) is 6.92 Å². The molecule has 0 bridgehead atoms. The smallest absolute Gasteiger partial charge is 0.0353 e. The van der Waals surface area contributed by atoms with Crippen molar-refractivity contribution in [2.24, 2.45) is 0 Å². The van der Waals surface area contributed by atoms with Crippen LogP contribution in [0.2, 0.25) is 0 Å². The summed E-state index contributed by atoms with van der Waals surface area (Å²) in [6.45, 7) is 2.12. The van der Waals surface area contributed by atoms with Gasteiger partial charge in [0.2, 0.25) is 0 Å². The minimum Gasteiger partial charge on any atom is -0.302 e. The molecule has 0 saturated heterocycles. The number of hydrogen-bond acceptors (Lipinski definition) is 1. The zero-order valence-corrected chi connectivity index (χ0v) is 9.88. The molecule has 0 N–H and O–H groups in total. The Morgan fingerprint density at radius 2 is 2.07 bits per heavy atom. The van der Waals surface area contributed by atoms with Gasteiger partial charge in [-0.2, -0.15) is 0 Å². The van der Waals surface area contributed by atoms with E-state index in [0.29, 0.717) is 11.9 Å². The van der Waals surface area contributed by atoms with Crippen molar-refractivity contribution >= 4 is 11.6 Å². The van der Waals surface area contributed by atoms with Crippen LogP contribution in [-0.2, 0) is 0 Å². The lowest BCUT2D eigenvalue weighted by molar-refractivity contribution is 0.293. The summed E-state index contributed by atoms with van der Waals surface area (Å²) in [5.41, 5.74) is 2.67. The molecule has 0 radical (unpaired) electrons. The van der Waals surface area contributed by atoms with Gasteiger partial charge in [-0.25, -0.2) is 0 Å². The van der Waals surface area contributed by atoms with Crippen molar-refractivity contribution in [1.82, 2.24) is 4.90 Å². The zero-order valence-electron chi connectivity index (χ0n) is 9.13. The number of alkyl halides is 1. The Labute approximate surface area is 91.7 Å². The molecule has 0 fully saturated rings. The third kappa shape index (κ3) is 3.00. The predicted molar refractivity (Wildman–Crippen MR) is 62.9 cm³/mol. The second-order valence-corrected chi connectivity index (χ2v) is 4.25. The van der Waals surface area contributed by atoms with Crippen LogP contribution in [0.3, 0.4) is 0 Å². The molecule has 0 amide bonds. The van der Waals surface area contributed by atoms with E-state index in [1.807, 2.05) is 0 Å². The summed E-state index contributed by atoms with van der Waals surface area (Å²) in [4.78, 5) is 2.22. The number of halogens is 1. The summed E-state index contributed by atoms with van der Waals surface area (Å²) in [5.74, 6) is 0.705. The first kappa shape index (κ1) is 11.5. The normalized spacial score (nSPS) is 13.2. The molecule has 0 heterocycles. The van der Waals surface area contributed by atoms with Crippen LogP contribution >= 0.6 is 11.6 Å². The molecule has 0 spiro atoms. The molecule has 1 nitrogen and oxygen atoms in total. The maximum absolute atomic E-state index is 5.80. The van der Waals surface area contributed by atoms with Gasteiger partial charge < -0.3 is 4.90 Å². The minimum atomic E-state index is 0.437. The summed E-state index contributed by atoms with van der Waals surface area (Å²) in [6.07, 6.45) is 0.998. The highest BCUT2D eigenvalue weighted by atomic mass is 35.5. The van der Waals surface area contributed by atoms with E-state index in [4.69, 9.17) is 11.6 Å². The van der Waals surface area contributed by atoms with Crippen LogP contribution in [0.25, 0.3) is 0 Å². The van der Waals surface area contributed by atoms with Crippen LogP contribution in [0.1, 0.15) is 23.6 Å². The van der Waals surface area contributed by atoms with E-state index in [1.54, 1.807) is 0 Å². The Kier molecular flexibility index (Phi) is 4.43. The molecule has 0 saturated carbocycles. The summed E-state index contributed by atoms with van der Waals surface area (Å²) in [7, 11) is 4.19. The van der Waals surface area contributed by atoms with Gasteiger partial charge in [-0.1, -0.05) is 29.8 Å². The molecule has 1 unspecified atom stereocenters. The Morgan fingerprint density at radius 1 is 1.36 bits per heavy atom. The van der Waals surface area contributed by atoms with Crippen LogP contribution in [0.15, 0.2) is 24.3 Å². The fraction of sp³-hybridized carbons (Fsp3) is 0.500. The van der Waals surface area contributed by atoms with Crippen molar-refractivity contribution in [1.29, 1.82) is 0 Å². The van der Waals surface area contributed by atoms with E-state index in [-0.39, 0.29) is 0 Å². The summed E-state index contributed by atoms with van der Waals surface area (Å²) in [5, 5.41) is 0. The van der Waals surface area contributed by atoms with Crippen molar-refractivity contribution in [2.75, 3.05) is 20.0 Å². The lowest BCUT2D eigenvalue weighted by Crippen LogP contribution is -2.20. The van der Waals surface area contributed by atoms with Gasteiger partial charge in [0.1, 0.15) is 0 Å². The van der Waals surface area contributed by atoms with Crippen molar-refractivity contribution in [3.63, 3.8) is 0 Å². The number of nitrogens with zero attached hydrogens (tertiary/aromatic N) is 1. The molecule has 0 aromatic heterocycles. The first-order chi connectivity index (χ1) is 6.65. The molecule has 0 aliphatic carbocycles. The van der Waals surface area contributed by atoms with Gasteiger partial charge in [0.05, 0.1) is 0 Å². The molecular formula is C12H18ClN. The van der Waals surface area contributed by atoms with E-state index in [2.05, 4.69) is 50.2 Å². The van der Waals surface area contributed by atoms with Crippen molar-refractivity contribution in [3.05, 3.63) is 35.4 Å². The highest BCUT2D eigenvalue weighted by Gasteiger charge is 2.12. The molecule has 2 heteroatoms. The number of benzene rings is 1. The number of rotatable bonds is 4. The van der Waals surface area contributed by atoms with E-state index >= 15 is 0 Å². The average Bonchev–Trinajstić information content (AvgIpc) is 2.13. The second-order valence-electron chi connectivity index (χ2n) is 3.87. The van der Waals surface area contributed by atoms with Crippen LogP contribution in [-0.4, -0.2) is 24.9 Å². The van der Waals surface area contributed by atoms with Gasteiger partial charge in [0, 0.05) is 11.9 Å². The number of hydrogen-bond donors (Lipinski definition) is 0. The van der Waals surface area contributed by atoms with Gasteiger partial charge >= 0.3 is 0 Å². The third-order valence-corrected chi connectivity index (χ3v) is 2.65. The average molecular weight is 212 g/mol. The molecule has 0 aliphatic rings. The monoisotopic (exact) mass is 211 g/mol. The number of aryl methyl sites for hydroxylation is 1. The fourth-order valence-electron chi connectivity index (χ4n) is 1.70. The highest BCUT2D eigenvalue weighted by molar-refractivity contribution is 6.17. The van der Waals surface area contributed by atoms with Gasteiger partial charge in [-0.3, -0.25) is 0 Å². The van der Waals surface area contributed by atoms with Crippen molar-refractivity contribution < 1.29 is 0 Å². The van der Waals surface area contributed by atoms with Gasteiger partial charge in [-0.15, -0.1) is 11.6 Å². The van der Waals surface area contributed by atoms with Crippen LogP contribution in [0.5, 0.6) is 0 Å². The quantitative estimate of drug-likeness (QED) is 0.692. The Morgan fingerprint density at radius 3 is 2.57 bits per heavy atom. The van der Waals surface area contributed by atoms with Gasteiger partial charge in [0.15, 0.2) is 0 Å². The summed E-state index contributed by atoms with van der Waals surface area (Å²) in [6, 6.07) is 9.07. The van der Waals surface area contributed by atoms with E-state index in [1.165, 1.54) is 11.1 Å². The van der Waals surface area contributed by atoms with Crippen LogP contribution < -0.4 is 0 Å². The molecule has 14 heavy (non-hydrogen) atoms. The van der Waals surface area contributed by atoms with Crippen molar-refractivity contribution in [3.8, 4) is 0 Å². The molecule has 1 rings (SSSR count). The lowest BCUT2D eigenvalue weighted by Gasteiger charge is -2.24. The van der Waals surface area contributed by atoms with Crippen molar-refractivity contribution in [2.45, 2.75) is 19.4 Å². The SMILES string of the molecule is Cc1cccc(C(CCCl)N(C)C)c1. The van der Waals surface area contributed by atoms with E-state index < -0.39 is 0 Å². The van der Waals surface area contributed by atoms with E-state index in [9.17, 15) is 0 Å².